The van der Waals surface area contributed by atoms with E-state index in [4.69, 9.17) is 9.47 Å². The lowest BCUT2D eigenvalue weighted by Crippen LogP contribution is -2.35. The van der Waals surface area contributed by atoms with Crippen LogP contribution in [-0.2, 0) is 45.2 Å². The lowest BCUT2D eigenvalue weighted by Gasteiger charge is -2.19. The van der Waals surface area contributed by atoms with Crippen LogP contribution < -0.4 is 5.56 Å². The average Bonchev–Trinajstić information content (AvgIpc) is 3.29. The van der Waals surface area contributed by atoms with E-state index < -0.39 is 26.1 Å². The predicted octanol–water partition coefficient (Wildman–Crippen LogP) is 5.81. The summed E-state index contributed by atoms with van der Waals surface area (Å²) in [7, 11) is 4.95. The molecule has 13 heteroatoms. The van der Waals surface area contributed by atoms with E-state index in [1.165, 1.54) is 40.7 Å². The molecule has 3 rings (SSSR count). The van der Waals surface area contributed by atoms with Gasteiger partial charge in [-0.2, -0.15) is 0 Å². The Morgan fingerprint density at radius 2 is 1.80 bits per heavy atom. The maximum Gasteiger partial charge on any atom is 0.409 e. The number of aromatic nitrogens is 3. The van der Waals surface area contributed by atoms with Gasteiger partial charge in [-0.15, -0.1) is 0 Å². The van der Waals surface area contributed by atoms with E-state index >= 15 is 4.39 Å². The molecule has 11 nitrogen and oxygen atoms in total. The molecule has 0 radical (unpaired) electrons. The van der Waals surface area contributed by atoms with Gasteiger partial charge in [-0.05, 0) is 55.9 Å². The van der Waals surface area contributed by atoms with Crippen LogP contribution in [0.1, 0.15) is 49.1 Å². The number of hydrogen-bond acceptors (Lipinski definition) is 7. The van der Waals surface area contributed by atoms with Crippen LogP contribution in [0.5, 0.6) is 0 Å². The molecule has 0 N–H and O–H groups in total. The summed E-state index contributed by atoms with van der Waals surface area (Å²) in [5.41, 5.74) is 3.37. The molecule has 50 heavy (non-hydrogen) atoms. The van der Waals surface area contributed by atoms with E-state index in [0.29, 0.717) is 36.0 Å². The van der Waals surface area contributed by atoms with E-state index in [9.17, 15) is 19.2 Å². The largest absolute Gasteiger partial charge is 0.438 e. The molecular formula is C37H54FN5O6Si. The lowest BCUT2D eigenvalue weighted by atomic mass is 10.0. The minimum atomic E-state index is -1.36. The standard InChI is InChI=1S/C37H54FN5O6Si/c1-25(2)20-28-29(38)22-39-34-26(3)30(43(35(28)34)24-48-18-19-50(8,9)10)23-42-17-13-14-27(36(42)46)21-31(44)32(49-37(47)41(6)7)15-11-12-16-33(45)40(4)5/h12-14,16-17,22,25,32H,11,15,18-21,23-24H2,1-10H3/b16-12+/t32-/m0/s1. The third-order valence-corrected chi connectivity index (χ3v) is 10.1. The van der Waals surface area contributed by atoms with Crippen molar-refractivity contribution in [3.8, 4) is 0 Å². The molecule has 0 bridgehead atoms. The highest BCUT2D eigenvalue weighted by atomic mass is 28.3. The van der Waals surface area contributed by atoms with Crippen LogP contribution in [0.15, 0.2) is 41.5 Å². The number of ether oxygens (including phenoxy) is 2. The number of allylic oxidation sites excluding steroid dienone is 1. The van der Waals surface area contributed by atoms with Gasteiger partial charge in [-0.1, -0.05) is 45.6 Å². The van der Waals surface area contributed by atoms with E-state index in [1.807, 2.05) is 25.3 Å². The molecule has 3 aromatic rings. The first kappa shape index (κ1) is 40.3. The minimum absolute atomic E-state index is 0.146. The number of likely N-dealkylation sites (N-methyl/N-ethyl adjacent to an activating group) is 1. The second-order valence-corrected chi connectivity index (χ2v) is 20.4. The number of fused-ring (bicyclic) bond motifs is 1. The maximum atomic E-state index is 15.3. The number of hydrogen-bond donors (Lipinski definition) is 0. The van der Waals surface area contributed by atoms with E-state index in [1.54, 1.807) is 38.5 Å². The number of rotatable bonds is 17. The molecule has 3 aromatic heterocycles. The molecule has 0 saturated heterocycles. The average molecular weight is 712 g/mol. The van der Waals surface area contributed by atoms with Gasteiger partial charge in [0.1, 0.15) is 12.5 Å². The van der Waals surface area contributed by atoms with Crippen LogP contribution in [0.25, 0.3) is 11.0 Å². The van der Waals surface area contributed by atoms with Gasteiger partial charge in [0.15, 0.2) is 11.9 Å². The topological polar surface area (TPSA) is 116 Å². The summed E-state index contributed by atoms with van der Waals surface area (Å²) < 4.78 is 30.5. The fraction of sp³-hybridized carbons (Fsp3) is 0.541. The summed E-state index contributed by atoms with van der Waals surface area (Å²) in [6, 6.07) is 4.27. The number of ketones is 1. The van der Waals surface area contributed by atoms with Gasteiger partial charge < -0.3 is 28.4 Å². The van der Waals surface area contributed by atoms with Crippen molar-refractivity contribution >= 4 is 36.9 Å². The molecule has 0 spiro atoms. The first-order chi connectivity index (χ1) is 23.4. The summed E-state index contributed by atoms with van der Waals surface area (Å²) in [5.74, 6) is -0.807. The third kappa shape index (κ3) is 10.9. The molecule has 0 unspecified atom stereocenters. The van der Waals surface area contributed by atoms with Crippen molar-refractivity contribution in [2.24, 2.45) is 5.92 Å². The Balaban J connectivity index is 1.97. The zero-order valence-corrected chi connectivity index (χ0v) is 32.3. The molecule has 0 fully saturated rings. The number of carbonyl (C=O) groups is 3. The van der Waals surface area contributed by atoms with Gasteiger partial charge in [-0.3, -0.25) is 19.4 Å². The van der Waals surface area contributed by atoms with Crippen molar-refractivity contribution in [1.29, 1.82) is 0 Å². The zero-order chi connectivity index (χ0) is 37.3. The Kier molecular flexibility index (Phi) is 14.3. The Labute approximate surface area is 296 Å². The summed E-state index contributed by atoms with van der Waals surface area (Å²) in [6.07, 6.45) is 4.88. The maximum absolute atomic E-state index is 15.3. The van der Waals surface area contributed by atoms with E-state index in [-0.39, 0.29) is 54.9 Å². The highest BCUT2D eigenvalue weighted by molar-refractivity contribution is 6.76. The van der Waals surface area contributed by atoms with Crippen LogP contribution in [0.4, 0.5) is 9.18 Å². The third-order valence-electron chi connectivity index (χ3n) is 8.37. The number of carbonyl (C=O) groups excluding carboxylic acids is 3. The van der Waals surface area contributed by atoms with Gasteiger partial charge in [-0.25, -0.2) is 9.18 Å². The van der Waals surface area contributed by atoms with Crippen LogP contribution >= 0.6 is 0 Å². The van der Waals surface area contributed by atoms with Gasteiger partial charge >= 0.3 is 6.09 Å². The van der Waals surface area contributed by atoms with Gasteiger partial charge in [0.05, 0.1) is 23.8 Å². The molecule has 1 atom stereocenters. The highest BCUT2D eigenvalue weighted by Crippen LogP contribution is 2.30. The summed E-state index contributed by atoms with van der Waals surface area (Å²) >= 11 is 0. The van der Waals surface area contributed by atoms with Crippen LogP contribution in [0.2, 0.25) is 25.7 Å². The number of amides is 2. The number of nitrogens with zero attached hydrogens (tertiary/aromatic N) is 5. The zero-order valence-electron chi connectivity index (χ0n) is 31.3. The first-order valence-corrected chi connectivity index (χ1v) is 20.8. The molecule has 0 aliphatic rings. The fourth-order valence-electron chi connectivity index (χ4n) is 5.44. The van der Waals surface area contributed by atoms with Crippen molar-refractivity contribution in [2.45, 2.75) is 91.5 Å². The predicted molar refractivity (Wildman–Crippen MR) is 197 cm³/mol. The smallest absolute Gasteiger partial charge is 0.409 e. The molecule has 0 aliphatic heterocycles. The Morgan fingerprint density at radius 1 is 1.10 bits per heavy atom. The number of aryl methyl sites for hydroxylation is 1. The Bertz CT molecular complexity index is 1760. The molecule has 3 heterocycles. The molecule has 0 aliphatic carbocycles. The van der Waals surface area contributed by atoms with Crippen molar-refractivity contribution in [3.05, 3.63) is 75.2 Å². The second-order valence-electron chi connectivity index (χ2n) is 14.8. The SMILES string of the molecule is Cc1c(Cn2cccc(CC(=O)[C@H](CC/C=C/C(=O)N(C)C)OC(=O)N(C)C)c2=O)n(COCC[Si](C)(C)C)c2c(CC(C)C)c(F)cnc12. The second kappa shape index (κ2) is 17.7. The first-order valence-electron chi connectivity index (χ1n) is 17.1. The summed E-state index contributed by atoms with van der Waals surface area (Å²) in [6.45, 7) is 13.7. The number of Topliss-reactive ketones (excluding diaryl/α,β-unsaturated/α-hetero) is 1. The van der Waals surface area contributed by atoms with Crippen molar-refractivity contribution < 1.29 is 28.2 Å². The molecular weight excluding hydrogens is 658 g/mol. The quantitative estimate of drug-likeness (QED) is 0.0987. The fourth-order valence-corrected chi connectivity index (χ4v) is 6.20. The van der Waals surface area contributed by atoms with Crippen LogP contribution in [0.3, 0.4) is 0 Å². The van der Waals surface area contributed by atoms with E-state index in [2.05, 4.69) is 24.6 Å². The number of halogens is 1. The van der Waals surface area contributed by atoms with E-state index in [0.717, 1.165) is 17.3 Å². The highest BCUT2D eigenvalue weighted by Gasteiger charge is 2.26. The monoisotopic (exact) mass is 711 g/mol. The molecule has 2 amide bonds. The molecule has 0 saturated carbocycles. The van der Waals surface area contributed by atoms with Gasteiger partial charge in [0, 0.05) is 72.3 Å². The van der Waals surface area contributed by atoms with Gasteiger partial charge in [0.25, 0.3) is 5.56 Å². The van der Waals surface area contributed by atoms with Crippen LogP contribution in [-0.4, -0.2) is 90.7 Å². The van der Waals surface area contributed by atoms with Gasteiger partial charge in [0.2, 0.25) is 5.91 Å². The molecule has 0 aromatic carbocycles. The Hall–Kier alpha value is -4.10. The number of pyridine rings is 2. The summed E-state index contributed by atoms with van der Waals surface area (Å²) in [4.78, 5) is 58.8. The minimum Gasteiger partial charge on any atom is -0.438 e. The summed E-state index contributed by atoms with van der Waals surface area (Å²) in [5, 5.41) is 0. The van der Waals surface area contributed by atoms with Crippen molar-refractivity contribution in [2.75, 3.05) is 34.8 Å². The lowest BCUT2D eigenvalue weighted by molar-refractivity contribution is -0.127. The van der Waals surface area contributed by atoms with Crippen molar-refractivity contribution in [1.82, 2.24) is 23.9 Å². The molecule has 274 valence electrons. The van der Waals surface area contributed by atoms with Crippen molar-refractivity contribution in [3.63, 3.8) is 0 Å². The normalized spacial score (nSPS) is 12.6. The van der Waals surface area contributed by atoms with Crippen LogP contribution in [0, 0.1) is 18.7 Å². The Morgan fingerprint density at radius 3 is 2.42 bits per heavy atom.